The molecule has 0 radical (unpaired) electrons. The van der Waals surface area contributed by atoms with Crippen molar-refractivity contribution in [2.75, 3.05) is 32.1 Å². The summed E-state index contributed by atoms with van der Waals surface area (Å²) in [6.45, 7) is 8.87. The highest BCUT2D eigenvalue weighted by Crippen LogP contribution is 2.17. The van der Waals surface area contributed by atoms with Gasteiger partial charge in [0.05, 0.1) is 18.9 Å². The maximum Gasteiger partial charge on any atom is 0.188 e. The van der Waals surface area contributed by atoms with Crippen LogP contribution in [0, 0.1) is 6.92 Å². The Morgan fingerprint density at radius 3 is 2.80 bits per heavy atom. The maximum absolute atomic E-state index is 5.38. The lowest BCUT2D eigenvalue weighted by atomic mass is 10.3. The van der Waals surface area contributed by atoms with Crippen LogP contribution < -0.4 is 0 Å². The summed E-state index contributed by atoms with van der Waals surface area (Å²) in [6, 6.07) is 2.10. The minimum absolute atomic E-state index is 0.836. The van der Waals surface area contributed by atoms with E-state index in [4.69, 9.17) is 9.72 Å². The first-order valence-electron chi connectivity index (χ1n) is 7.55. The Kier molecular flexibility index (Phi) is 6.76. The predicted molar refractivity (Wildman–Crippen MR) is 83.1 cm³/mol. The number of thioether (sulfide) groups is 1. The molecule has 112 valence electrons. The van der Waals surface area contributed by atoms with E-state index in [0.717, 1.165) is 55.1 Å². The molecule has 0 aromatic carbocycles. The molecule has 20 heavy (non-hydrogen) atoms. The molecule has 0 aliphatic carbocycles. The van der Waals surface area contributed by atoms with E-state index in [0.29, 0.717) is 0 Å². The van der Waals surface area contributed by atoms with Crippen LogP contribution in [0.5, 0.6) is 0 Å². The SMILES string of the molecule is CCCCCSc1nc(C)cc(CN2CCOCC2)n1. The summed E-state index contributed by atoms with van der Waals surface area (Å²) in [7, 11) is 0. The molecule has 1 saturated heterocycles. The molecule has 1 aliphatic heterocycles. The number of nitrogens with zero attached hydrogens (tertiary/aromatic N) is 3. The second-order valence-electron chi connectivity index (χ2n) is 5.23. The van der Waals surface area contributed by atoms with Gasteiger partial charge in [-0.05, 0) is 19.4 Å². The summed E-state index contributed by atoms with van der Waals surface area (Å²) >= 11 is 1.79. The number of ether oxygens (including phenoxy) is 1. The van der Waals surface area contributed by atoms with Crippen LogP contribution >= 0.6 is 11.8 Å². The van der Waals surface area contributed by atoms with Crippen LogP contribution in [0.1, 0.15) is 37.6 Å². The highest BCUT2D eigenvalue weighted by molar-refractivity contribution is 7.99. The number of morpholine rings is 1. The van der Waals surface area contributed by atoms with E-state index < -0.39 is 0 Å². The smallest absolute Gasteiger partial charge is 0.188 e. The summed E-state index contributed by atoms with van der Waals surface area (Å²) in [5.41, 5.74) is 2.21. The minimum atomic E-state index is 0.836. The molecule has 0 bridgehead atoms. The zero-order chi connectivity index (χ0) is 14.2. The molecule has 1 aliphatic rings. The molecular formula is C15H25N3OS. The van der Waals surface area contributed by atoms with Gasteiger partial charge in [0.25, 0.3) is 0 Å². The molecule has 0 atom stereocenters. The van der Waals surface area contributed by atoms with E-state index in [9.17, 15) is 0 Å². The highest BCUT2D eigenvalue weighted by atomic mass is 32.2. The fraction of sp³-hybridized carbons (Fsp3) is 0.733. The normalized spacial score (nSPS) is 16.5. The van der Waals surface area contributed by atoms with Crippen molar-refractivity contribution in [1.29, 1.82) is 0 Å². The van der Waals surface area contributed by atoms with Crippen LogP contribution in [-0.2, 0) is 11.3 Å². The molecule has 0 unspecified atom stereocenters. The van der Waals surface area contributed by atoms with Gasteiger partial charge in [0.2, 0.25) is 0 Å². The third-order valence-corrected chi connectivity index (χ3v) is 4.29. The van der Waals surface area contributed by atoms with Gasteiger partial charge < -0.3 is 4.74 Å². The van der Waals surface area contributed by atoms with E-state index in [1.165, 1.54) is 19.3 Å². The van der Waals surface area contributed by atoms with Crippen molar-refractivity contribution >= 4 is 11.8 Å². The topological polar surface area (TPSA) is 38.2 Å². The largest absolute Gasteiger partial charge is 0.379 e. The summed E-state index contributed by atoms with van der Waals surface area (Å²) in [5.74, 6) is 1.12. The van der Waals surface area contributed by atoms with Crippen molar-refractivity contribution in [2.45, 2.75) is 44.8 Å². The molecule has 5 heteroatoms. The lowest BCUT2D eigenvalue weighted by Crippen LogP contribution is -2.35. The van der Waals surface area contributed by atoms with E-state index in [2.05, 4.69) is 29.8 Å². The molecule has 1 aromatic heterocycles. The van der Waals surface area contributed by atoms with Crippen LogP contribution in [0.4, 0.5) is 0 Å². The second-order valence-corrected chi connectivity index (χ2v) is 6.29. The van der Waals surface area contributed by atoms with Gasteiger partial charge in [0.1, 0.15) is 0 Å². The molecule has 2 heterocycles. The lowest BCUT2D eigenvalue weighted by molar-refractivity contribution is 0.0335. The minimum Gasteiger partial charge on any atom is -0.379 e. The van der Waals surface area contributed by atoms with Crippen LogP contribution in [0.15, 0.2) is 11.2 Å². The van der Waals surface area contributed by atoms with Gasteiger partial charge in [-0.15, -0.1) is 0 Å². The third-order valence-electron chi connectivity index (χ3n) is 3.36. The van der Waals surface area contributed by atoms with E-state index in [1.54, 1.807) is 11.8 Å². The number of rotatable bonds is 7. The van der Waals surface area contributed by atoms with Gasteiger partial charge in [-0.25, -0.2) is 9.97 Å². The van der Waals surface area contributed by atoms with Gasteiger partial charge in [-0.3, -0.25) is 4.90 Å². The standard InChI is InChI=1S/C15H25N3OS/c1-3-4-5-10-20-15-16-13(2)11-14(17-15)12-18-6-8-19-9-7-18/h11H,3-10,12H2,1-2H3. The first-order chi connectivity index (χ1) is 9.78. The van der Waals surface area contributed by atoms with Crippen molar-refractivity contribution in [1.82, 2.24) is 14.9 Å². The van der Waals surface area contributed by atoms with E-state index in [1.807, 2.05) is 0 Å². The van der Waals surface area contributed by atoms with Gasteiger partial charge in [0, 0.05) is 31.1 Å². The Morgan fingerprint density at radius 2 is 2.05 bits per heavy atom. The molecule has 1 aromatic rings. The van der Waals surface area contributed by atoms with Crippen molar-refractivity contribution in [3.8, 4) is 0 Å². The van der Waals surface area contributed by atoms with Crippen molar-refractivity contribution in [2.24, 2.45) is 0 Å². The highest BCUT2D eigenvalue weighted by Gasteiger charge is 2.12. The number of hydrogen-bond donors (Lipinski definition) is 0. The lowest BCUT2D eigenvalue weighted by Gasteiger charge is -2.26. The average molecular weight is 295 g/mol. The van der Waals surface area contributed by atoms with Crippen molar-refractivity contribution in [3.63, 3.8) is 0 Å². The Labute approximate surface area is 126 Å². The molecule has 4 nitrogen and oxygen atoms in total. The number of aromatic nitrogens is 2. The molecule has 0 N–H and O–H groups in total. The molecular weight excluding hydrogens is 270 g/mol. The summed E-state index contributed by atoms with van der Waals surface area (Å²) in [4.78, 5) is 11.6. The molecule has 1 fully saturated rings. The van der Waals surface area contributed by atoms with Gasteiger partial charge in [0.15, 0.2) is 5.16 Å². The quantitative estimate of drug-likeness (QED) is 0.439. The molecule has 0 spiro atoms. The fourth-order valence-corrected chi connectivity index (χ4v) is 3.18. The van der Waals surface area contributed by atoms with Gasteiger partial charge >= 0.3 is 0 Å². The van der Waals surface area contributed by atoms with Crippen LogP contribution in [0.2, 0.25) is 0 Å². The zero-order valence-electron chi connectivity index (χ0n) is 12.6. The Hall–Kier alpha value is -0.650. The number of unbranched alkanes of at least 4 members (excludes halogenated alkanes) is 2. The van der Waals surface area contributed by atoms with Crippen molar-refractivity contribution in [3.05, 3.63) is 17.5 Å². The van der Waals surface area contributed by atoms with Crippen LogP contribution in [0.3, 0.4) is 0 Å². The molecule has 0 amide bonds. The molecule has 2 rings (SSSR count). The average Bonchev–Trinajstić information content (AvgIpc) is 2.44. The second kappa shape index (κ2) is 8.60. The maximum atomic E-state index is 5.38. The first-order valence-corrected chi connectivity index (χ1v) is 8.54. The first kappa shape index (κ1) is 15.7. The predicted octanol–water partition coefficient (Wildman–Crippen LogP) is 2.90. The molecule has 0 saturated carbocycles. The van der Waals surface area contributed by atoms with Gasteiger partial charge in [-0.2, -0.15) is 0 Å². The van der Waals surface area contributed by atoms with E-state index >= 15 is 0 Å². The zero-order valence-corrected chi connectivity index (χ0v) is 13.4. The Balaban J connectivity index is 1.89. The fourth-order valence-electron chi connectivity index (χ4n) is 2.25. The summed E-state index contributed by atoms with van der Waals surface area (Å²) < 4.78 is 5.38. The van der Waals surface area contributed by atoms with Crippen molar-refractivity contribution < 1.29 is 4.74 Å². The number of hydrogen-bond acceptors (Lipinski definition) is 5. The summed E-state index contributed by atoms with van der Waals surface area (Å²) in [5, 5.41) is 0.935. The number of aryl methyl sites for hydroxylation is 1. The van der Waals surface area contributed by atoms with Gasteiger partial charge in [-0.1, -0.05) is 31.5 Å². The van der Waals surface area contributed by atoms with Crippen LogP contribution in [-0.4, -0.2) is 46.9 Å². The van der Waals surface area contributed by atoms with E-state index in [-0.39, 0.29) is 0 Å². The Morgan fingerprint density at radius 1 is 1.25 bits per heavy atom. The van der Waals surface area contributed by atoms with Crippen LogP contribution in [0.25, 0.3) is 0 Å². The monoisotopic (exact) mass is 295 g/mol. The Bertz CT molecular complexity index is 408. The summed E-state index contributed by atoms with van der Waals surface area (Å²) in [6.07, 6.45) is 3.80. The third kappa shape index (κ3) is 5.38.